The van der Waals surface area contributed by atoms with Gasteiger partial charge >= 0.3 is 0 Å². The lowest BCUT2D eigenvalue weighted by molar-refractivity contribution is 0.0937. The molecule has 1 amide bonds. The monoisotopic (exact) mass is 312 g/mol. The van der Waals surface area contributed by atoms with Crippen molar-refractivity contribution in [3.63, 3.8) is 0 Å². The van der Waals surface area contributed by atoms with E-state index in [0.29, 0.717) is 5.56 Å². The second kappa shape index (κ2) is 7.52. The smallest absolute Gasteiger partial charge is 0.253 e. The van der Waals surface area contributed by atoms with Gasteiger partial charge in [-0.05, 0) is 47.3 Å². The molecule has 0 fully saturated rings. The first-order valence-electron chi connectivity index (χ1n) is 6.41. The largest absolute Gasteiger partial charge is 0.350 e. The molecule has 18 heavy (non-hydrogen) atoms. The Balaban J connectivity index is 2.37. The number of carbonyl (C=O) groups is 1. The van der Waals surface area contributed by atoms with Crippen molar-refractivity contribution in [1.82, 2.24) is 10.3 Å². The number of hydrogen-bond donors (Lipinski definition) is 1. The predicted octanol–water partition coefficient (Wildman–Crippen LogP) is 3.79. The minimum Gasteiger partial charge on any atom is -0.350 e. The SMILES string of the molecule is CC(C)CCCC(C)NC(=O)c1ccc(Br)nc1. The van der Waals surface area contributed by atoms with Crippen LogP contribution in [0.5, 0.6) is 0 Å². The second-order valence-corrected chi connectivity index (χ2v) is 5.88. The van der Waals surface area contributed by atoms with Crippen LogP contribution < -0.4 is 5.32 Å². The summed E-state index contributed by atoms with van der Waals surface area (Å²) in [5, 5.41) is 3.00. The Morgan fingerprint density at radius 3 is 2.61 bits per heavy atom. The molecule has 3 nitrogen and oxygen atoms in total. The Labute approximate surface area is 118 Å². The van der Waals surface area contributed by atoms with Crippen molar-refractivity contribution in [3.05, 3.63) is 28.5 Å². The summed E-state index contributed by atoms with van der Waals surface area (Å²) in [6.45, 7) is 6.48. The maximum Gasteiger partial charge on any atom is 0.253 e. The van der Waals surface area contributed by atoms with Gasteiger partial charge in [0.25, 0.3) is 5.91 Å². The first-order valence-corrected chi connectivity index (χ1v) is 7.20. The molecule has 0 spiro atoms. The number of nitrogens with one attached hydrogen (secondary N) is 1. The van der Waals surface area contributed by atoms with E-state index in [1.165, 1.54) is 6.42 Å². The lowest BCUT2D eigenvalue weighted by atomic mass is 10.0. The Hall–Kier alpha value is -0.900. The van der Waals surface area contributed by atoms with E-state index >= 15 is 0 Å². The second-order valence-electron chi connectivity index (χ2n) is 5.07. The summed E-state index contributed by atoms with van der Waals surface area (Å²) in [4.78, 5) is 15.9. The van der Waals surface area contributed by atoms with Crippen LogP contribution in [0.15, 0.2) is 22.9 Å². The maximum absolute atomic E-state index is 11.9. The van der Waals surface area contributed by atoms with Crippen molar-refractivity contribution < 1.29 is 4.79 Å². The summed E-state index contributed by atoms with van der Waals surface area (Å²) in [7, 11) is 0. The van der Waals surface area contributed by atoms with Crippen molar-refractivity contribution in [1.29, 1.82) is 0 Å². The number of rotatable bonds is 6. The molecule has 0 aliphatic heterocycles. The van der Waals surface area contributed by atoms with Crippen LogP contribution in [0.4, 0.5) is 0 Å². The van der Waals surface area contributed by atoms with Gasteiger partial charge in [0.05, 0.1) is 5.56 Å². The fourth-order valence-electron chi connectivity index (χ4n) is 1.72. The summed E-state index contributed by atoms with van der Waals surface area (Å²) < 4.78 is 0.740. The van der Waals surface area contributed by atoms with E-state index in [4.69, 9.17) is 0 Å². The van der Waals surface area contributed by atoms with Crippen molar-refractivity contribution >= 4 is 21.8 Å². The standard InChI is InChI=1S/C14H21BrN2O/c1-10(2)5-4-6-11(3)17-14(18)12-7-8-13(15)16-9-12/h7-11H,4-6H2,1-3H3,(H,17,18). The van der Waals surface area contributed by atoms with Gasteiger partial charge in [0.15, 0.2) is 0 Å². The Morgan fingerprint density at radius 2 is 2.06 bits per heavy atom. The van der Waals surface area contributed by atoms with Crippen LogP contribution in [0.25, 0.3) is 0 Å². The molecular formula is C14H21BrN2O. The van der Waals surface area contributed by atoms with Crippen molar-refractivity contribution in [2.24, 2.45) is 5.92 Å². The molecule has 0 aliphatic rings. The van der Waals surface area contributed by atoms with Crippen LogP contribution in [0, 0.1) is 5.92 Å². The van der Waals surface area contributed by atoms with Gasteiger partial charge in [0.2, 0.25) is 0 Å². The fraction of sp³-hybridized carbons (Fsp3) is 0.571. The predicted molar refractivity (Wildman–Crippen MR) is 77.6 cm³/mol. The normalized spacial score (nSPS) is 12.5. The third-order valence-electron chi connectivity index (χ3n) is 2.79. The van der Waals surface area contributed by atoms with E-state index in [2.05, 4.69) is 40.1 Å². The highest BCUT2D eigenvalue weighted by atomic mass is 79.9. The third-order valence-corrected chi connectivity index (χ3v) is 3.25. The van der Waals surface area contributed by atoms with Gasteiger partial charge in [0.1, 0.15) is 4.60 Å². The van der Waals surface area contributed by atoms with Crippen molar-refractivity contribution in [2.75, 3.05) is 0 Å². The minimum absolute atomic E-state index is 0.0490. The van der Waals surface area contributed by atoms with Gasteiger partial charge in [0, 0.05) is 12.2 Å². The molecule has 0 aromatic carbocycles. The number of nitrogens with zero attached hydrogens (tertiary/aromatic N) is 1. The fourth-order valence-corrected chi connectivity index (χ4v) is 1.96. The molecule has 1 aromatic heterocycles. The summed E-state index contributed by atoms with van der Waals surface area (Å²) in [5.74, 6) is 0.677. The van der Waals surface area contributed by atoms with E-state index in [0.717, 1.165) is 23.4 Å². The average Bonchev–Trinajstić information content (AvgIpc) is 2.29. The molecule has 0 radical (unpaired) electrons. The highest BCUT2D eigenvalue weighted by Crippen LogP contribution is 2.10. The van der Waals surface area contributed by atoms with Crippen LogP contribution in [0.3, 0.4) is 0 Å². The van der Waals surface area contributed by atoms with Crippen LogP contribution >= 0.6 is 15.9 Å². The number of amides is 1. The molecule has 1 aromatic rings. The van der Waals surface area contributed by atoms with Crippen LogP contribution in [0.2, 0.25) is 0 Å². The lowest BCUT2D eigenvalue weighted by Gasteiger charge is -2.14. The van der Waals surface area contributed by atoms with Gasteiger partial charge in [-0.1, -0.05) is 26.7 Å². The topological polar surface area (TPSA) is 42.0 Å². The van der Waals surface area contributed by atoms with Crippen LogP contribution in [-0.2, 0) is 0 Å². The van der Waals surface area contributed by atoms with E-state index in [1.807, 2.05) is 6.92 Å². The van der Waals surface area contributed by atoms with Crippen LogP contribution in [-0.4, -0.2) is 16.9 Å². The van der Waals surface area contributed by atoms with E-state index in [1.54, 1.807) is 18.3 Å². The number of carbonyl (C=O) groups excluding carboxylic acids is 1. The number of hydrogen-bond acceptors (Lipinski definition) is 2. The highest BCUT2D eigenvalue weighted by Gasteiger charge is 2.10. The third kappa shape index (κ3) is 5.63. The number of halogens is 1. The molecule has 1 unspecified atom stereocenters. The first-order chi connectivity index (χ1) is 8.49. The quantitative estimate of drug-likeness (QED) is 0.812. The van der Waals surface area contributed by atoms with Crippen molar-refractivity contribution in [3.8, 4) is 0 Å². The number of aromatic nitrogens is 1. The molecule has 0 bridgehead atoms. The molecule has 0 saturated heterocycles. The maximum atomic E-state index is 11.9. The molecule has 100 valence electrons. The summed E-state index contributed by atoms with van der Waals surface area (Å²) in [6, 6.07) is 3.76. The summed E-state index contributed by atoms with van der Waals surface area (Å²) in [6.07, 6.45) is 4.96. The van der Waals surface area contributed by atoms with Gasteiger partial charge < -0.3 is 5.32 Å². The van der Waals surface area contributed by atoms with Gasteiger partial charge in [-0.25, -0.2) is 4.98 Å². The molecule has 1 atom stereocenters. The molecule has 4 heteroatoms. The Morgan fingerprint density at radius 1 is 1.33 bits per heavy atom. The Bertz CT molecular complexity index is 376. The molecule has 1 heterocycles. The van der Waals surface area contributed by atoms with Gasteiger partial charge in [-0.15, -0.1) is 0 Å². The zero-order chi connectivity index (χ0) is 13.5. The lowest BCUT2D eigenvalue weighted by Crippen LogP contribution is -2.32. The van der Waals surface area contributed by atoms with Gasteiger partial charge in [-0.3, -0.25) is 4.79 Å². The highest BCUT2D eigenvalue weighted by molar-refractivity contribution is 9.10. The van der Waals surface area contributed by atoms with E-state index in [9.17, 15) is 4.79 Å². The minimum atomic E-state index is -0.0490. The van der Waals surface area contributed by atoms with E-state index in [-0.39, 0.29) is 11.9 Å². The van der Waals surface area contributed by atoms with Crippen molar-refractivity contribution in [2.45, 2.75) is 46.1 Å². The zero-order valence-corrected chi connectivity index (χ0v) is 12.8. The first kappa shape index (κ1) is 15.2. The van der Waals surface area contributed by atoms with Crippen LogP contribution in [0.1, 0.15) is 50.4 Å². The molecule has 1 N–H and O–H groups in total. The van der Waals surface area contributed by atoms with E-state index < -0.39 is 0 Å². The Kier molecular flexibility index (Phi) is 6.33. The summed E-state index contributed by atoms with van der Waals surface area (Å²) in [5.41, 5.74) is 0.605. The average molecular weight is 313 g/mol. The molecule has 1 rings (SSSR count). The zero-order valence-electron chi connectivity index (χ0n) is 11.2. The molecular weight excluding hydrogens is 292 g/mol. The van der Waals surface area contributed by atoms with Gasteiger partial charge in [-0.2, -0.15) is 0 Å². The molecule has 0 saturated carbocycles. The molecule has 0 aliphatic carbocycles. The number of pyridine rings is 1. The summed E-state index contributed by atoms with van der Waals surface area (Å²) >= 11 is 3.25.